The quantitative estimate of drug-likeness (QED) is 0.333. The molecule has 1 aliphatic rings. The number of nitrogens with one attached hydrogen (secondary N) is 1. The van der Waals surface area contributed by atoms with Crippen molar-refractivity contribution < 1.29 is 9.72 Å². The summed E-state index contributed by atoms with van der Waals surface area (Å²) in [7, 11) is 0. The van der Waals surface area contributed by atoms with Crippen LogP contribution in [0.4, 0.5) is 17.1 Å². The highest BCUT2D eigenvalue weighted by Crippen LogP contribution is 2.37. The summed E-state index contributed by atoms with van der Waals surface area (Å²) in [6, 6.07) is 21.2. The van der Waals surface area contributed by atoms with Crippen molar-refractivity contribution in [2.75, 3.05) is 10.2 Å². The van der Waals surface area contributed by atoms with Gasteiger partial charge in [0, 0.05) is 32.6 Å². The fourth-order valence-corrected chi connectivity index (χ4v) is 3.52. The van der Waals surface area contributed by atoms with Crippen molar-refractivity contribution in [2.24, 2.45) is 0 Å². The zero-order chi connectivity index (χ0) is 19.0. The third kappa shape index (κ3) is 3.25. The molecule has 0 bridgehead atoms. The van der Waals surface area contributed by atoms with Gasteiger partial charge in [0.25, 0.3) is 11.6 Å². The van der Waals surface area contributed by atoms with Crippen molar-refractivity contribution in [2.45, 2.75) is 6.17 Å². The number of amides is 1. The number of hydrogen-bond donors (Lipinski definition) is 1. The molecule has 7 heteroatoms. The zero-order valence-corrected chi connectivity index (χ0v) is 16.2. The normalized spacial score (nSPS) is 15.8. The Morgan fingerprint density at radius 2 is 1.74 bits per heavy atom. The molecule has 1 heterocycles. The number of carbonyl (C=O) groups excluding carboxylic acids is 1. The molecule has 0 spiro atoms. The first-order chi connectivity index (χ1) is 13.0. The van der Waals surface area contributed by atoms with Crippen LogP contribution in [0.1, 0.15) is 22.1 Å². The fourth-order valence-electron chi connectivity index (χ4n) is 3.16. The van der Waals surface area contributed by atoms with E-state index in [1.807, 2.05) is 42.5 Å². The van der Waals surface area contributed by atoms with Crippen molar-refractivity contribution in [3.8, 4) is 0 Å². The number of non-ortho nitro benzene ring substituents is 1. The van der Waals surface area contributed by atoms with Crippen molar-refractivity contribution >= 4 is 45.6 Å². The van der Waals surface area contributed by atoms with Crippen molar-refractivity contribution in [1.29, 1.82) is 0 Å². The minimum absolute atomic E-state index is 0.0110. The molecule has 0 aromatic heterocycles. The minimum atomic E-state index is -0.549. The molecule has 4 rings (SSSR count). The standard InChI is InChI=1S/C20H14IN3O3/c21-14-8-10-15(11-9-14)23-19(13-4-3-5-16(12-13)24(26)27)22-18-7-2-1-6-17(18)20(23)25/h1-12,19,22H/t19-/m0/s1. The third-order valence-electron chi connectivity index (χ3n) is 4.43. The molecule has 1 aliphatic heterocycles. The molecule has 134 valence electrons. The second kappa shape index (κ2) is 6.99. The number of carbonyl (C=O) groups is 1. The second-order valence-corrected chi connectivity index (χ2v) is 7.34. The van der Waals surface area contributed by atoms with E-state index in [1.54, 1.807) is 23.1 Å². The van der Waals surface area contributed by atoms with E-state index in [4.69, 9.17) is 0 Å². The lowest BCUT2D eigenvalue weighted by Gasteiger charge is -2.38. The van der Waals surface area contributed by atoms with Gasteiger partial charge in [-0.3, -0.25) is 19.8 Å². The van der Waals surface area contributed by atoms with Crippen LogP contribution in [0, 0.1) is 13.7 Å². The largest absolute Gasteiger partial charge is 0.360 e. The third-order valence-corrected chi connectivity index (χ3v) is 5.15. The van der Waals surface area contributed by atoms with E-state index < -0.39 is 11.1 Å². The molecule has 0 radical (unpaired) electrons. The molecule has 3 aromatic rings. The maximum absolute atomic E-state index is 13.3. The number of halogens is 1. The van der Waals surface area contributed by atoms with E-state index in [2.05, 4.69) is 27.9 Å². The van der Waals surface area contributed by atoms with E-state index in [0.717, 1.165) is 9.26 Å². The van der Waals surface area contributed by atoms with Gasteiger partial charge in [0.15, 0.2) is 0 Å². The number of nitrogens with zero attached hydrogens (tertiary/aromatic N) is 2. The highest BCUT2D eigenvalue weighted by atomic mass is 127. The van der Waals surface area contributed by atoms with E-state index in [9.17, 15) is 14.9 Å². The van der Waals surface area contributed by atoms with E-state index in [1.165, 1.54) is 12.1 Å². The molecule has 0 saturated heterocycles. The summed E-state index contributed by atoms with van der Waals surface area (Å²) in [4.78, 5) is 25.6. The van der Waals surface area contributed by atoms with Gasteiger partial charge in [-0.05, 0) is 59.0 Å². The van der Waals surface area contributed by atoms with E-state index >= 15 is 0 Å². The summed E-state index contributed by atoms with van der Waals surface area (Å²) in [5, 5.41) is 14.5. The number of rotatable bonds is 3. The summed E-state index contributed by atoms with van der Waals surface area (Å²) < 4.78 is 1.06. The number of para-hydroxylation sites is 1. The van der Waals surface area contributed by atoms with Crippen LogP contribution in [0.2, 0.25) is 0 Å². The second-order valence-electron chi connectivity index (χ2n) is 6.10. The van der Waals surface area contributed by atoms with Crippen LogP contribution in [-0.4, -0.2) is 10.8 Å². The van der Waals surface area contributed by atoms with Gasteiger partial charge in [0.1, 0.15) is 6.17 Å². The average Bonchev–Trinajstić information content (AvgIpc) is 2.69. The highest BCUT2D eigenvalue weighted by molar-refractivity contribution is 14.1. The number of nitro benzene ring substituents is 1. The number of benzene rings is 3. The van der Waals surface area contributed by atoms with Gasteiger partial charge in [0.2, 0.25) is 0 Å². The molecule has 6 nitrogen and oxygen atoms in total. The molecule has 0 unspecified atom stereocenters. The van der Waals surface area contributed by atoms with Crippen molar-refractivity contribution in [3.63, 3.8) is 0 Å². The van der Waals surface area contributed by atoms with Gasteiger partial charge in [-0.2, -0.15) is 0 Å². The molecule has 0 saturated carbocycles. The topological polar surface area (TPSA) is 75.5 Å². The predicted molar refractivity (Wildman–Crippen MR) is 112 cm³/mol. The highest BCUT2D eigenvalue weighted by Gasteiger charge is 2.34. The SMILES string of the molecule is O=C1c2ccccc2N[C@H](c2cccc([N+](=O)[O-])c2)N1c1ccc(I)cc1. The van der Waals surface area contributed by atoms with Gasteiger partial charge < -0.3 is 5.32 Å². The number of fused-ring (bicyclic) bond motifs is 1. The molecule has 1 N–H and O–H groups in total. The molecule has 3 aromatic carbocycles. The zero-order valence-electron chi connectivity index (χ0n) is 14.0. The van der Waals surface area contributed by atoms with Gasteiger partial charge >= 0.3 is 0 Å². The lowest BCUT2D eigenvalue weighted by molar-refractivity contribution is -0.384. The smallest absolute Gasteiger partial charge is 0.269 e. The summed E-state index contributed by atoms with van der Waals surface area (Å²) in [6.45, 7) is 0. The maximum atomic E-state index is 13.3. The summed E-state index contributed by atoms with van der Waals surface area (Å²) >= 11 is 2.21. The average molecular weight is 471 g/mol. The summed E-state index contributed by atoms with van der Waals surface area (Å²) in [6.07, 6.45) is -0.549. The molecule has 0 aliphatic carbocycles. The Balaban J connectivity index is 1.86. The Morgan fingerprint density at radius 3 is 2.48 bits per heavy atom. The van der Waals surface area contributed by atoms with Crippen molar-refractivity contribution in [1.82, 2.24) is 0 Å². The van der Waals surface area contributed by atoms with Gasteiger partial charge in [0.05, 0.1) is 10.5 Å². The van der Waals surface area contributed by atoms with Crippen LogP contribution in [0.25, 0.3) is 0 Å². The first-order valence-corrected chi connectivity index (χ1v) is 9.31. The lowest BCUT2D eigenvalue weighted by atomic mass is 10.0. The van der Waals surface area contributed by atoms with Crippen LogP contribution in [0.5, 0.6) is 0 Å². The Bertz CT molecular complexity index is 1040. The van der Waals surface area contributed by atoms with Crippen LogP contribution in [-0.2, 0) is 0 Å². The molecule has 1 amide bonds. The Hall–Kier alpha value is -2.94. The van der Waals surface area contributed by atoms with Crippen LogP contribution in [0.15, 0.2) is 72.8 Å². The van der Waals surface area contributed by atoms with E-state index in [0.29, 0.717) is 16.8 Å². The summed E-state index contributed by atoms with van der Waals surface area (Å²) in [5.74, 6) is -0.151. The fraction of sp³-hybridized carbons (Fsp3) is 0.0500. The monoisotopic (exact) mass is 471 g/mol. The summed E-state index contributed by atoms with van der Waals surface area (Å²) in [5.41, 5.74) is 2.63. The molecule has 1 atom stereocenters. The van der Waals surface area contributed by atoms with Gasteiger partial charge in [-0.15, -0.1) is 0 Å². The number of nitro groups is 1. The predicted octanol–water partition coefficient (Wildman–Crippen LogP) is 4.97. The van der Waals surface area contributed by atoms with Crippen LogP contribution >= 0.6 is 22.6 Å². The van der Waals surface area contributed by atoms with Gasteiger partial charge in [-0.25, -0.2) is 0 Å². The van der Waals surface area contributed by atoms with Crippen LogP contribution < -0.4 is 10.2 Å². The van der Waals surface area contributed by atoms with Crippen LogP contribution in [0.3, 0.4) is 0 Å². The maximum Gasteiger partial charge on any atom is 0.269 e. The molecular formula is C20H14IN3O3. The number of hydrogen-bond acceptors (Lipinski definition) is 4. The van der Waals surface area contributed by atoms with E-state index in [-0.39, 0.29) is 11.6 Å². The Morgan fingerprint density at radius 1 is 1.00 bits per heavy atom. The first kappa shape index (κ1) is 17.5. The lowest BCUT2D eigenvalue weighted by Crippen LogP contribution is -2.43. The molecular weight excluding hydrogens is 457 g/mol. The minimum Gasteiger partial charge on any atom is -0.360 e. The Kier molecular flexibility index (Phi) is 4.53. The molecule has 27 heavy (non-hydrogen) atoms. The first-order valence-electron chi connectivity index (χ1n) is 8.23. The Labute approximate surface area is 169 Å². The van der Waals surface area contributed by atoms with Crippen molar-refractivity contribution in [3.05, 3.63) is 97.6 Å². The van der Waals surface area contributed by atoms with Gasteiger partial charge in [-0.1, -0.05) is 24.3 Å². The number of anilines is 2. The molecule has 0 fully saturated rings.